The van der Waals surface area contributed by atoms with E-state index in [0.29, 0.717) is 38.5 Å². The van der Waals surface area contributed by atoms with Gasteiger partial charge in [-0.15, -0.1) is 0 Å². The van der Waals surface area contributed by atoms with E-state index in [4.69, 9.17) is 5.11 Å². The van der Waals surface area contributed by atoms with Crippen molar-refractivity contribution in [3.05, 3.63) is 24.3 Å². The van der Waals surface area contributed by atoms with Crippen molar-refractivity contribution in [2.75, 3.05) is 0 Å². The summed E-state index contributed by atoms with van der Waals surface area (Å²) in [6.07, 6.45) is 8.78. The molecule has 148 valence electrons. The average molecular weight is 368 g/mol. The second-order valence-electron chi connectivity index (χ2n) is 7.01. The number of Topliss-reactive ketones (excluding diaryl/α,β-unsaturated/α-hetero) is 1. The highest BCUT2D eigenvalue weighted by molar-refractivity contribution is 5.84. The molecule has 26 heavy (non-hydrogen) atoms. The number of hydrogen-bond acceptors (Lipinski definition) is 5. The first kappa shape index (κ1) is 22.5. The molecule has 1 rings (SSSR count). The summed E-state index contributed by atoms with van der Waals surface area (Å²) in [4.78, 5) is 22.6. The second kappa shape index (κ2) is 12.0. The molecule has 5 atom stereocenters. The maximum atomic E-state index is 12.1. The summed E-state index contributed by atoms with van der Waals surface area (Å²) >= 11 is 0. The number of aliphatic hydroxyl groups is 3. The fourth-order valence-electron chi connectivity index (χ4n) is 3.18. The Bertz CT molecular complexity index is 499. The predicted molar refractivity (Wildman–Crippen MR) is 98.5 cm³/mol. The van der Waals surface area contributed by atoms with Crippen molar-refractivity contribution in [3.8, 4) is 0 Å². The Morgan fingerprint density at radius 1 is 1.27 bits per heavy atom. The molecule has 6 heteroatoms. The summed E-state index contributed by atoms with van der Waals surface area (Å²) < 4.78 is 0. The molecule has 1 aliphatic carbocycles. The van der Waals surface area contributed by atoms with Gasteiger partial charge in [-0.2, -0.15) is 0 Å². The Kier molecular flexibility index (Phi) is 10.4. The first-order chi connectivity index (χ1) is 12.3. The Morgan fingerprint density at radius 2 is 2.00 bits per heavy atom. The van der Waals surface area contributed by atoms with E-state index < -0.39 is 24.3 Å². The molecule has 4 N–H and O–H groups in total. The molecule has 0 saturated heterocycles. The number of ketones is 1. The quantitative estimate of drug-likeness (QED) is 0.310. The normalized spacial score (nSPS) is 26.0. The van der Waals surface area contributed by atoms with Gasteiger partial charge >= 0.3 is 5.97 Å². The van der Waals surface area contributed by atoms with E-state index in [0.717, 1.165) is 0 Å². The van der Waals surface area contributed by atoms with E-state index >= 15 is 0 Å². The molecule has 1 unspecified atom stereocenters. The van der Waals surface area contributed by atoms with Crippen LogP contribution in [0.3, 0.4) is 0 Å². The number of hydrogen-bond donors (Lipinski definition) is 4. The summed E-state index contributed by atoms with van der Waals surface area (Å²) in [7, 11) is 0. The molecule has 0 spiro atoms. The third kappa shape index (κ3) is 8.25. The highest BCUT2D eigenvalue weighted by atomic mass is 16.4. The fraction of sp³-hybridized carbons (Fsp3) is 0.700. The van der Waals surface area contributed by atoms with Crippen LogP contribution in [0.4, 0.5) is 0 Å². The third-order valence-electron chi connectivity index (χ3n) is 4.87. The lowest BCUT2D eigenvalue weighted by atomic mass is 9.90. The minimum Gasteiger partial charge on any atom is -0.481 e. The molecule has 1 saturated carbocycles. The van der Waals surface area contributed by atoms with Crippen LogP contribution in [0.15, 0.2) is 24.3 Å². The van der Waals surface area contributed by atoms with E-state index in [1.807, 2.05) is 19.1 Å². The van der Waals surface area contributed by atoms with Crippen molar-refractivity contribution in [1.29, 1.82) is 0 Å². The molecule has 0 radical (unpaired) electrons. The van der Waals surface area contributed by atoms with Gasteiger partial charge in [-0.3, -0.25) is 9.59 Å². The highest BCUT2D eigenvalue weighted by Crippen LogP contribution is 2.33. The summed E-state index contributed by atoms with van der Waals surface area (Å²) in [6.45, 7) is 1.88. The molecule has 0 aromatic carbocycles. The van der Waals surface area contributed by atoms with Crippen LogP contribution in [-0.2, 0) is 9.59 Å². The van der Waals surface area contributed by atoms with Gasteiger partial charge in [0.25, 0.3) is 0 Å². The van der Waals surface area contributed by atoms with E-state index in [1.165, 1.54) is 0 Å². The number of carbonyl (C=O) groups excluding carboxylic acids is 1. The smallest absolute Gasteiger partial charge is 0.303 e. The van der Waals surface area contributed by atoms with E-state index in [1.54, 1.807) is 12.2 Å². The monoisotopic (exact) mass is 368 g/mol. The summed E-state index contributed by atoms with van der Waals surface area (Å²) in [5, 5.41) is 38.2. The van der Waals surface area contributed by atoms with Gasteiger partial charge in [0, 0.05) is 24.7 Å². The Balaban J connectivity index is 2.50. The van der Waals surface area contributed by atoms with Gasteiger partial charge in [0.1, 0.15) is 5.78 Å². The van der Waals surface area contributed by atoms with Crippen molar-refractivity contribution >= 4 is 11.8 Å². The topological polar surface area (TPSA) is 115 Å². The number of carboxylic acids is 1. The van der Waals surface area contributed by atoms with Crippen LogP contribution in [0.1, 0.15) is 58.3 Å². The number of unbranched alkanes of at least 4 members (excludes halogenated alkanes) is 1. The molecule has 1 fully saturated rings. The van der Waals surface area contributed by atoms with E-state index in [9.17, 15) is 24.9 Å². The maximum Gasteiger partial charge on any atom is 0.303 e. The third-order valence-corrected chi connectivity index (χ3v) is 4.87. The molecule has 0 aromatic rings. The van der Waals surface area contributed by atoms with E-state index in [-0.39, 0.29) is 30.5 Å². The Morgan fingerprint density at radius 3 is 2.65 bits per heavy atom. The molecule has 0 aliphatic heterocycles. The zero-order valence-corrected chi connectivity index (χ0v) is 15.5. The molecular weight excluding hydrogens is 336 g/mol. The van der Waals surface area contributed by atoms with Crippen LogP contribution < -0.4 is 0 Å². The van der Waals surface area contributed by atoms with Crippen LogP contribution in [0, 0.1) is 11.8 Å². The standard InChI is InChI=1S/C20H32O6/c1-2-14(21)9-10-15(22)11-12-17-16(18(23)13-19(17)24)7-5-3-4-6-8-20(25)26/h3,5,11-12,14-17,19,21-22,24H,2,4,6-10,13H2,1H3,(H,25,26)/b5-3-,12-11+/t14?,15-,16+,17+,19+/m0/s1. The van der Waals surface area contributed by atoms with Gasteiger partial charge in [0.05, 0.1) is 18.3 Å². The van der Waals surface area contributed by atoms with Gasteiger partial charge in [0.2, 0.25) is 0 Å². The minimum absolute atomic E-state index is 0.0123. The van der Waals surface area contributed by atoms with Crippen molar-refractivity contribution in [3.63, 3.8) is 0 Å². The molecule has 6 nitrogen and oxygen atoms in total. The number of aliphatic hydroxyl groups excluding tert-OH is 3. The molecule has 0 aromatic heterocycles. The molecule has 0 heterocycles. The first-order valence-electron chi connectivity index (χ1n) is 9.47. The molecule has 0 amide bonds. The van der Waals surface area contributed by atoms with Crippen molar-refractivity contribution in [2.24, 2.45) is 11.8 Å². The van der Waals surface area contributed by atoms with Crippen molar-refractivity contribution in [2.45, 2.75) is 76.6 Å². The van der Waals surface area contributed by atoms with Crippen LogP contribution in [0.2, 0.25) is 0 Å². The summed E-state index contributed by atoms with van der Waals surface area (Å²) in [6, 6.07) is 0. The van der Waals surface area contributed by atoms with E-state index in [2.05, 4.69) is 0 Å². The number of aliphatic carboxylic acids is 1. The van der Waals surface area contributed by atoms with Gasteiger partial charge in [-0.05, 0) is 38.5 Å². The maximum absolute atomic E-state index is 12.1. The van der Waals surface area contributed by atoms with Crippen LogP contribution in [-0.4, -0.2) is 50.5 Å². The van der Waals surface area contributed by atoms with Gasteiger partial charge in [-0.25, -0.2) is 0 Å². The first-order valence-corrected chi connectivity index (χ1v) is 9.47. The van der Waals surface area contributed by atoms with Crippen LogP contribution in [0.5, 0.6) is 0 Å². The predicted octanol–water partition coefficient (Wildman–Crippen LogP) is 2.22. The Labute approximate surface area is 155 Å². The number of carboxylic acid groups (broad SMARTS) is 1. The van der Waals surface area contributed by atoms with Gasteiger partial charge < -0.3 is 20.4 Å². The largest absolute Gasteiger partial charge is 0.481 e. The highest BCUT2D eigenvalue weighted by Gasteiger charge is 2.39. The minimum atomic E-state index is -0.817. The lowest BCUT2D eigenvalue weighted by molar-refractivity contribution is -0.137. The zero-order valence-electron chi connectivity index (χ0n) is 15.5. The summed E-state index contributed by atoms with van der Waals surface area (Å²) in [5.41, 5.74) is 0. The van der Waals surface area contributed by atoms with Crippen molar-refractivity contribution < 1.29 is 30.0 Å². The molecule has 1 aliphatic rings. The summed E-state index contributed by atoms with van der Waals surface area (Å²) in [5.74, 6) is -1.44. The fourth-order valence-corrected chi connectivity index (χ4v) is 3.18. The lowest BCUT2D eigenvalue weighted by Crippen LogP contribution is -2.19. The molecule has 0 bridgehead atoms. The molecular formula is C20H32O6. The van der Waals surface area contributed by atoms with Crippen LogP contribution >= 0.6 is 0 Å². The average Bonchev–Trinajstić information content (AvgIpc) is 2.86. The van der Waals surface area contributed by atoms with Crippen molar-refractivity contribution in [1.82, 2.24) is 0 Å². The van der Waals surface area contributed by atoms with Gasteiger partial charge in [-0.1, -0.05) is 31.2 Å². The van der Waals surface area contributed by atoms with Gasteiger partial charge in [0.15, 0.2) is 0 Å². The number of rotatable bonds is 12. The number of allylic oxidation sites excluding steroid dienone is 2. The van der Waals surface area contributed by atoms with Crippen LogP contribution in [0.25, 0.3) is 0 Å². The number of carbonyl (C=O) groups is 2. The Hall–Kier alpha value is -1.50. The second-order valence-corrected chi connectivity index (χ2v) is 7.01. The lowest BCUT2D eigenvalue weighted by Gasteiger charge is -2.17. The SMILES string of the molecule is CCC(O)CC[C@H](O)/C=C/[C@H]1[C@H](O)CC(=O)[C@@H]1C/C=C\CCCC(=O)O. The zero-order chi connectivity index (χ0) is 19.5.